The zero-order valence-corrected chi connectivity index (χ0v) is 14.8. The summed E-state index contributed by atoms with van der Waals surface area (Å²) in [6.45, 7) is 0. The molecule has 1 atom stereocenters. The summed E-state index contributed by atoms with van der Waals surface area (Å²) in [7, 11) is 0. The van der Waals surface area contributed by atoms with Crippen LogP contribution < -0.4 is 0 Å². The molecule has 26 heavy (non-hydrogen) atoms. The molecule has 0 unspecified atom stereocenters. The third-order valence-electron chi connectivity index (χ3n) is 5.14. The number of Topliss-reactive ketones (excluding diaryl/α,β-unsaturated/α-hetero) is 1. The van der Waals surface area contributed by atoms with Gasteiger partial charge < -0.3 is 0 Å². The highest BCUT2D eigenvalue weighted by Crippen LogP contribution is 2.37. The van der Waals surface area contributed by atoms with Gasteiger partial charge >= 0.3 is 0 Å². The molecule has 0 aliphatic heterocycles. The van der Waals surface area contributed by atoms with E-state index in [0.717, 1.165) is 24.0 Å². The van der Waals surface area contributed by atoms with E-state index < -0.39 is 0 Å². The highest BCUT2D eigenvalue weighted by Gasteiger charge is 2.26. The van der Waals surface area contributed by atoms with Gasteiger partial charge in [0.15, 0.2) is 5.78 Å². The molecule has 4 rings (SSSR count). The molecule has 1 nitrogen and oxygen atoms in total. The lowest BCUT2D eigenvalue weighted by Gasteiger charge is -2.25. The van der Waals surface area contributed by atoms with Crippen LogP contribution in [0.15, 0.2) is 90.5 Å². The van der Waals surface area contributed by atoms with Crippen molar-refractivity contribution in [2.75, 3.05) is 0 Å². The van der Waals surface area contributed by atoms with E-state index in [9.17, 15) is 4.79 Å². The maximum Gasteiger partial charge on any atom is 0.159 e. The van der Waals surface area contributed by atoms with Crippen molar-refractivity contribution in [3.05, 3.63) is 102 Å². The first-order valence-corrected chi connectivity index (χ1v) is 9.26. The average Bonchev–Trinajstić information content (AvgIpc) is 2.71. The molecule has 3 aromatic carbocycles. The van der Waals surface area contributed by atoms with Crippen LogP contribution in [0.3, 0.4) is 0 Å². The van der Waals surface area contributed by atoms with Crippen LogP contribution in [0.2, 0.25) is 0 Å². The maximum atomic E-state index is 12.6. The van der Waals surface area contributed by atoms with E-state index in [0.29, 0.717) is 6.42 Å². The summed E-state index contributed by atoms with van der Waals surface area (Å²) in [5, 5.41) is 0. The van der Waals surface area contributed by atoms with Gasteiger partial charge in [0.1, 0.15) is 0 Å². The molecule has 0 N–H and O–H groups in total. The molecule has 0 bridgehead atoms. The SMILES string of the molecule is O=C1CCC[C@@H](c2ccc(-c3ccccc3)cc2)/C1=C/c1ccccc1. The number of benzene rings is 3. The van der Waals surface area contributed by atoms with Crippen molar-refractivity contribution in [1.29, 1.82) is 0 Å². The molecule has 0 saturated heterocycles. The molecule has 3 aromatic rings. The first kappa shape index (κ1) is 16.5. The summed E-state index contributed by atoms with van der Waals surface area (Å²) in [5.41, 5.74) is 5.72. The molecule has 1 aliphatic rings. The molecular weight excluding hydrogens is 316 g/mol. The number of allylic oxidation sites excluding steroid dienone is 1. The molecule has 0 radical (unpaired) electrons. The highest BCUT2D eigenvalue weighted by molar-refractivity contribution is 6.01. The van der Waals surface area contributed by atoms with Crippen LogP contribution in [-0.4, -0.2) is 5.78 Å². The van der Waals surface area contributed by atoms with Crippen LogP contribution >= 0.6 is 0 Å². The maximum absolute atomic E-state index is 12.6. The molecule has 1 heteroatoms. The molecule has 0 heterocycles. The average molecular weight is 338 g/mol. The van der Waals surface area contributed by atoms with E-state index in [1.165, 1.54) is 16.7 Å². The number of ketones is 1. The largest absolute Gasteiger partial charge is 0.295 e. The number of rotatable bonds is 3. The molecule has 128 valence electrons. The van der Waals surface area contributed by atoms with Gasteiger partial charge in [-0.3, -0.25) is 4.79 Å². The van der Waals surface area contributed by atoms with Gasteiger partial charge in [0, 0.05) is 17.9 Å². The number of carbonyl (C=O) groups excluding carboxylic acids is 1. The summed E-state index contributed by atoms with van der Waals surface area (Å²) >= 11 is 0. The van der Waals surface area contributed by atoms with Crippen LogP contribution in [0.4, 0.5) is 0 Å². The van der Waals surface area contributed by atoms with E-state index in [-0.39, 0.29) is 11.7 Å². The second kappa shape index (κ2) is 7.53. The first-order chi connectivity index (χ1) is 12.8. The van der Waals surface area contributed by atoms with E-state index in [4.69, 9.17) is 0 Å². The van der Waals surface area contributed by atoms with E-state index in [2.05, 4.69) is 66.7 Å². The van der Waals surface area contributed by atoms with Crippen molar-refractivity contribution in [3.8, 4) is 11.1 Å². The smallest absolute Gasteiger partial charge is 0.159 e. The van der Waals surface area contributed by atoms with Crippen molar-refractivity contribution in [2.45, 2.75) is 25.2 Å². The molecule has 0 aromatic heterocycles. The van der Waals surface area contributed by atoms with Gasteiger partial charge in [0.2, 0.25) is 0 Å². The van der Waals surface area contributed by atoms with Crippen LogP contribution in [-0.2, 0) is 4.79 Å². The quantitative estimate of drug-likeness (QED) is 0.514. The van der Waals surface area contributed by atoms with Crippen molar-refractivity contribution < 1.29 is 4.79 Å². The lowest BCUT2D eigenvalue weighted by Crippen LogP contribution is -2.17. The molecule has 1 aliphatic carbocycles. The topological polar surface area (TPSA) is 17.1 Å². The fourth-order valence-corrected chi connectivity index (χ4v) is 3.76. The Morgan fingerprint density at radius 3 is 2.04 bits per heavy atom. The minimum absolute atomic E-state index is 0.196. The van der Waals surface area contributed by atoms with E-state index in [1.54, 1.807) is 0 Å². The van der Waals surface area contributed by atoms with Crippen LogP contribution in [0, 0.1) is 0 Å². The fourth-order valence-electron chi connectivity index (χ4n) is 3.76. The Morgan fingerprint density at radius 1 is 0.731 bits per heavy atom. The highest BCUT2D eigenvalue weighted by atomic mass is 16.1. The fraction of sp³-hybridized carbons (Fsp3) is 0.160. The summed E-state index contributed by atoms with van der Waals surface area (Å²) in [6, 6.07) is 29.3. The van der Waals surface area contributed by atoms with Gasteiger partial charge in [-0.05, 0) is 41.2 Å². The predicted octanol–water partition coefficient (Wildman–Crippen LogP) is 6.27. The third-order valence-corrected chi connectivity index (χ3v) is 5.14. The molecule has 0 amide bonds. The third kappa shape index (κ3) is 3.52. The Bertz CT molecular complexity index is 905. The number of hydrogen-bond donors (Lipinski definition) is 0. The summed E-state index contributed by atoms with van der Waals surface area (Å²) in [4.78, 5) is 12.6. The van der Waals surface area contributed by atoms with Gasteiger partial charge in [0.05, 0.1) is 0 Å². The van der Waals surface area contributed by atoms with Crippen molar-refractivity contribution >= 4 is 11.9 Å². The Morgan fingerprint density at radius 2 is 1.35 bits per heavy atom. The summed E-state index contributed by atoms with van der Waals surface area (Å²) < 4.78 is 0. The normalized spacial score (nSPS) is 18.8. The Hall–Kier alpha value is -2.93. The molecule has 1 saturated carbocycles. The summed E-state index contributed by atoms with van der Waals surface area (Å²) in [5.74, 6) is 0.485. The number of carbonyl (C=O) groups is 1. The second-order valence-electron chi connectivity index (χ2n) is 6.87. The molecule has 0 spiro atoms. The lowest BCUT2D eigenvalue weighted by molar-refractivity contribution is -0.116. The predicted molar refractivity (Wildman–Crippen MR) is 108 cm³/mol. The van der Waals surface area contributed by atoms with Crippen LogP contribution in [0.5, 0.6) is 0 Å². The van der Waals surface area contributed by atoms with Gasteiger partial charge in [-0.2, -0.15) is 0 Å². The molecule has 1 fully saturated rings. The second-order valence-corrected chi connectivity index (χ2v) is 6.87. The lowest BCUT2D eigenvalue weighted by atomic mass is 9.78. The van der Waals surface area contributed by atoms with E-state index >= 15 is 0 Å². The van der Waals surface area contributed by atoms with E-state index in [1.807, 2.05) is 24.3 Å². The summed E-state index contributed by atoms with van der Waals surface area (Å²) in [6.07, 6.45) is 4.75. The van der Waals surface area contributed by atoms with Gasteiger partial charge in [-0.15, -0.1) is 0 Å². The van der Waals surface area contributed by atoms with Crippen molar-refractivity contribution in [1.82, 2.24) is 0 Å². The van der Waals surface area contributed by atoms with Crippen molar-refractivity contribution in [2.24, 2.45) is 0 Å². The van der Waals surface area contributed by atoms with Crippen LogP contribution in [0.25, 0.3) is 17.2 Å². The van der Waals surface area contributed by atoms with Gasteiger partial charge in [0.25, 0.3) is 0 Å². The van der Waals surface area contributed by atoms with Crippen LogP contribution in [0.1, 0.15) is 36.3 Å². The van der Waals surface area contributed by atoms with Gasteiger partial charge in [-0.25, -0.2) is 0 Å². The Balaban J connectivity index is 1.66. The standard InChI is InChI=1S/C25H22O/c26-25-13-7-12-23(24(25)18-19-8-3-1-4-9-19)22-16-14-21(15-17-22)20-10-5-2-6-11-20/h1-6,8-11,14-18,23H,7,12-13H2/b24-18-/t23-/m0/s1. The Labute approximate surface area is 155 Å². The van der Waals surface area contributed by atoms with Crippen molar-refractivity contribution in [3.63, 3.8) is 0 Å². The molecular formula is C25H22O. The first-order valence-electron chi connectivity index (χ1n) is 9.26. The zero-order chi connectivity index (χ0) is 17.8. The monoisotopic (exact) mass is 338 g/mol. The zero-order valence-electron chi connectivity index (χ0n) is 14.8. The minimum atomic E-state index is 0.196. The minimum Gasteiger partial charge on any atom is -0.295 e. The number of hydrogen-bond acceptors (Lipinski definition) is 1. The Kier molecular flexibility index (Phi) is 4.79. The van der Waals surface area contributed by atoms with Gasteiger partial charge in [-0.1, -0.05) is 84.9 Å².